The van der Waals surface area contributed by atoms with Gasteiger partial charge in [-0.2, -0.15) is 0 Å². The van der Waals surface area contributed by atoms with Crippen molar-refractivity contribution in [2.75, 3.05) is 5.73 Å². The van der Waals surface area contributed by atoms with Gasteiger partial charge in [-0.1, -0.05) is 22.8 Å². The van der Waals surface area contributed by atoms with Crippen molar-refractivity contribution >= 4 is 28.8 Å². The molecule has 0 aromatic carbocycles. The fraction of sp³-hybridized carbons (Fsp3) is 0. The number of nitrogens with zero attached hydrogens (tertiary/aromatic N) is 1. The fourth-order valence-electron chi connectivity index (χ4n) is 0.852. The van der Waals surface area contributed by atoms with Gasteiger partial charge in [0.25, 0.3) is 0 Å². The number of halogens is 1. The van der Waals surface area contributed by atoms with Crippen LogP contribution in [0.2, 0.25) is 5.02 Å². The molecule has 0 aliphatic rings. The molecule has 12 heavy (non-hydrogen) atoms. The first-order chi connectivity index (χ1) is 5.79. The average Bonchev–Trinajstić information content (AvgIpc) is 2.64. The maximum Gasteiger partial charge on any atom is 0.197 e. The number of nitrogen functional groups attached to an aromatic ring is 1. The van der Waals surface area contributed by atoms with Gasteiger partial charge >= 0.3 is 0 Å². The number of hydrogen-bond acceptors (Lipinski definition) is 4. The molecule has 2 aromatic heterocycles. The van der Waals surface area contributed by atoms with Gasteiger partial charge in [-0.3, -0.25) is 0 Å². The predicted octanol–water partition coefficient (Wildman–Crippen LogP) is 2.64. The van der Waals surface area contributed by atoms with E-state index >= 15 is 0 Å². The molecule has 0 fully saturated rings. The Hall–Kier alpha value is -1.00. The van der Waals surface area contributed by atoms with E-state index in [1.807, 2.05) is 17.5 Å². The van der Waals surface area contributed by atoms with Gasteiger partial charge in [-0.15, -0.1) is 11.3 Å². The lowest BCUT2D eigenvalue weighted by atomic mass is 10.3. The lowest BCUT2D eigenvalue weighted by Gasteiger charge is -1.87. The predicted molar refractivity (Wildman–Crippen MR) is 49.2 cm³/mol. The van der Waals surface area contributed by atoms with Gasteiger partial charge in [0.15, 0.2) is 11.6 Å². The second-order valence-electron chi connectivity index (χ2n) is 2.19. The minimum Gasteiger partial charge on any atom is -0.380 e. The highest BCUT2D eigenvalue weighted by Crippen LogP contribution is 2.34. The lowest BCUT2D eigenvalue weighted by Crippen LogP contribution is -1.82. The van der Waals surface area contributed by atoms with Crippen LogP contribution in [0.3, 0.4) is 0 Å². The minimum absolute atomic E-state index is 0.236. The molecule has 62 valence electrons. The van der Waals surface area contributed by atoms with E-state index in [1.54, 1.807) is 0 Å². The van der Waals surface area contributed by atoms with Crippen LogP contribution in [0.25, 0.3) is 10.6 Å². The summed E-state index contributed by atoms with van der Waals surface area (Å²) in [4.78, 5) is 0.934. The molecule has 2 rings (SSSR count). The van der Waals surface area contributed by atoms with Crippen LogP contribution in [0, 0.1) is 0 Å². The second-order valence-corrected chi connectivity index (χ2v) is 3.51. The summed E-state index contributed by atoms with van der Waals surface area (Å²) in [5, 5.41) is 5.87. The number of nitrogens with two attached hydrogens (primary N) is 1. The SMILES string of the molecule is Nc1noc(-c2cccs2)c1Cl. The number of thiophene rings is 1. The van der Waals surface area contributed by atoms with Gasteiger partial charge in [0, 0.05) is 0 Å². The first kappa shape index (κ1) is 7.64. The number of rotatable bonds is 1. The van der Waals surface area contributed by atoms with E-state index < -0.39 is 0 Å². The summed E-state index contributed by atoms with van der Waals surface area (Å²) in [5.74, 6) is 0.782. The Morgan fingerprint density at radius 1 is 1.58 bits per heavy atom. The number of hydrogen-bond donors (Lipinski definition) is 1. The summed E-state index contributed by atoms with van der Waals surface area (Å²) in [5.41, 5.74) is 5.41. The van der Waals surface area contributed by atoms with Crippen LogP contribution in [-0.2, 0) is 0 Å². The highest BCUT2D eigenvalue weighted by molar-refractivity contribution is 7.13. The zero-order chi connectivity index (χ0) is 8.55. The maximum atomic E-state index is 5.83. The van der Waals surface area contributed by atoms with Crippen molar-refractivity contribution in [1.29, 1.82) is 0 Å². The van der Waals surface area contributed by atoms with Crippen molar-refractivity contribution in [3.8, 4) is 10.6 Å². The molecule has 2 aromatic rings. The maximum absolute atomic E-state index is 5.83. The van der Waals surface area contributed by atoms with Crippen molar-refractivity contribution in [3.63, 3.8) is 0 Å². The molecule has 0 unspecified atom stereocenters. The second kappa shape index (κ2) is 2.80. The van der Waals surface area contributed by atoms with Gasteiger partial charge in [0.2, 0.25) is 0 Å². The Labute approximate surface area is 77.7 Å². The first-order valence-corrected chi connectivity index (χ1v) is 4.49. The van der Waals surface area contributed by atoms with Crippen molar-refractivity contribution < 1.29 is 4.52 Å². The summed E-state index contributed by atoms with van der Waals surface area (Å²) in [6, 6.07) is 3.81. The Bertz CT molecular complexity index is 382. The van der Waals surface area contributed by atoms with Crippen molar-refractivity contribution in [3.05, 3.63) is 22.5 Å². The monoisotopic (exact) mass is 200 g/mol. The van der Waals surface area contributed by atoms with Crippen LogP contribution >= 0.6 is 22.9 Å². The van der Waals surface area contributed by atoms with Crippen LogP contribution in [0.15, 0.2) is 22.0 Å². The summed E-state index contributed by atoms with van der Waals surface area (Å²) >= 11 is 7.36. The zero-order valence-electron chi connectivity index (χ0n) is 5.95. The molecule has 0 saturated heterocycles. The highest BCUT2D eigenvalue weighted by atomic mass is 35.5. The van der Waals surface area contributed by atoms with Gasteiger partial charge in [-0.25, -0.2) is 0 Å². The highest BCUT2D eigenvalue weighted by Gasteiger charge is 2.13. The van der Waals surface area contributed by atoms with E-state index in [1.165, 1.54) is 11.3 Å². The molecule has 3 nitrogen and oxygen atoms in total. The van der Waals surface area contributed by atoms with Crippen LogP contribution in [0.5, 0.6) is 0 Å². The van der Waals surface area contributed by atoms with E-state index in [0.29, 0.717) is 10.8 Å². The molecule has 0 amide bonds. The molecule has 5 heteroatoms. The van der Waals surface area contributed by atoms with Crippen molar-refractivity contribution in [2.45, 2.75) is 0 Å². The number of aromatic nitrogens is 1. The number of anilines is 1. The summed E-state index contributed by atoms with van der Waals surface area (Å²) in [6.07, 6.45) is 0. The molecular weight excluding hydrogens is 196 g/mol. The van der Waals surface area contributed by atoms with Crippen LogP contribution in [0.4, 0.5) is 5.82 Å². The van der Waals surface area contributed by atoms with E-state index in [-0.39, 0.29) is 5.82 Å². The third-order valence-corrected chi connectivity index (χ3v) is 2.64. The fourth-order valence-corrected chi connectivity index (χ4v) is 1.79. The summed E-state index contributed by atoms with van der Waals surface area (Å²) in [6.45, 7) is 0. The molecule has 0 radical (unpaired) electrons. The average molecular weight is 201 g/mol. The molecule has 0 saturated carbocycles. The summed E-state index contributed by atoms with van der Waals surface area (Å²) < 4.78 is 4.94. The third-order valence-electron chi connectivity index (χ3n) is 1.40. The Morgan fingerprint density at radius 3 is 2.92 bits per heavy atom. The quantitative estimate of drug-likeness (QED) is 0.770. The molecule has 0 spiro atoms. The van der Waals surface area contributed by atoms with E-state index in [0.717, 1.165) is 4.88 Å². The van der Waals surface area contributed by atoms with Gasteiger partial charge < -0.3 is 10.3 Å². The Kier molecular flexibility index (Phi) is 1.78. The Balaban J connectivity index is 2.55. The lowest BCUT2D eigenvalue weighted by molar-refractivity contribution is 0.436. The molecular formula is C7H5ClN2OS. The van der Waals surface area contributed by atoms with Gasteiger partial charge in [0.1, 0.15) is 5.02 Å². The molecule has 0 atom stereocenters. The largest absolute Gasteiger partial charge is 0.380 e. The van der Waals surface area contributed by atoms with E-state index in [2.05, 4.69) is 5.16 Å². The van der Waals surface area contributed by atoms with Gasteiger partial charge in [0.05, 0.1) is 4.88 Å². The normalized spacial score (nSPS) is 10.4. The molecule has 2 N–H and O–H groups in total. The molecule has 2 heterocycles. The molecule has 0 aliphatic carbocycles. The summed E-state index contributed by atoms with van der Waals surface area (Å²) in [7, 11) is 0. The minimum atomic E-state index is 0.236. The van der Waals surface area contributed by atoms with Crippen LogP contribution < -0.4 is 5.73 Å². The van der Waals surface area contributed by atoms with E-state index in [4.69, 9.17) is 21.9 Å². The van der Waals surface area contributed by atoms with E-state index in [9.17, 15) is 0 Å². The molecule has 0 aliphatic heterocycles. The zero-order valence-corrected chi connectivity index (χ0v) is 7.52. The van der Waals surface area contributed by atoms with Gasteiger partial charge in [-0.05, 0) is 11.4 Å². The van der Waals surface area contributed by atoms with Crippen molar-refractivity contribution in [2.24, 2.45) is 0 Å². The Morgan fingerprint density at radius 2 is 2.42 bits per heavy atom. The third kappa shape index (κ3) is 1.09. The standard InChI is InChI=1S/C7H5ClN2OS/c8-5-6(11-10-7(5)9)4-2-1-3-12-4/h1-3H,(H2,9,10). The smallest absolute Gasteiger partial charge is 0.197 e. The topological polar surface area (TPSA) is 52.0 Å². The molecule has 0 bridgehead atoms. The van der Waals surface area contributed by atoms with Crippen molar-refractivity contribution in [1.82, 2.24) is 5.16 Å². The first-order valence-electron chi connectivity index (χ1n) is 3.23. The van der Waals surface area contributed by atoms with Crippen LogP contribution in [-0.4, -0.2) is 5.16 Å². The van der Waals surface area contributed by atoms with Crippen LogP contribution in [0.1, 0.15) is 0 Å².